The predicted molar refractivity (Wildman–Crippen MR) is 78.6 cm³/mol. The van der Waals surface area contributed by atoms with Gasteiger partial charge in [0.15, 0.2) is 0 Å². The molecule has 0 saturated carbocycles. The average Bonchev–Trinajstić information content (AvgIpc) is 2.43. The standard InChI is InChI=1S/C16H20N2/c1-3-13(12-17-4-2)10-14-7-8-16-15(11-14)6-5-9-18-16/h5-11,17H,3-4,12H2,1-2H3. The molecule has 0 spiro atoms. The van der Waals surface area contributed by atoms with Crippen LogP contribution < -0.4 is 5.32 Å². The zero-order valence-electron chi connectivity index (χ0n) is 11.1. The molecule has 1 aromatic heterocycles. The summed E-state index contributed by atoms with van der Waals surface area (Å²) >= 11 is 0. The zero-order valence-corrected chi connectivity index (χ0v) is 11.1. The third-order valence-corrected chi connectivity index (χ3v) is 3.05. The summed E-state index contributed by atoms with van der Waals surface area (Å²) < 4.78 is 0. The summed E-state index contributed by atoms with van der Waals surface area (Å²) in [5.74, 6) is 0. The van der Waals surface area contributed by atoms with Crippen molar-refractivity contribution in [2.45, 2.75) is 20.3 Å². The smallest absolute Gasteiger partial charge is 0.0702 e. The molecule has 0 bridgehead atoms. The van der Waals surface area contributed by atoms with E-state index in [0.29, 0.717) is 0 Å². The zero-order chi connectivity index (χ0) is 12.8. The van der Waals surface area contributed by atoms with Crippen LogP contribution in [0.1, 0.15) is 25.8 Å². The Hall–Kier alpha value is -1.67. The van der Waals surface area contributed by atoms with Gasteiger partial charge >= 0.3 is 0 Å². The molecule has 1 aromatic carbocycles. The fraction of sp³-hybridized carbons (Fsp3) is 0.312. The van der Waals surface area contributed by atoms with Gasteiger partial charge in [0.2, 0.25) is 0 Å². The number of hydrogen-bond acceptors (Lipinski definition) is 2. The number of hydrogen-bond donors (Lipinski definition) is 1. The highest BCUT2D eigenvalue weighted by Gasteiger charge is 1.97. The molecule has 0 aliphatic rings. The van der Waals surface area contributed by atoms with Crippen LogP contribution in [0.15, 0.2) is 42.1 Å². The molecule has 2 aromatic rings. The van der Waals surface area contributed by atoms with E-state index in [9.17, 15) is 0 Å². The van der Waals surface area contributed by atoms with Crippen molar-refractivity contribution in [3.05, 3.63) is 47.7 Å². The summed E-state index contributed by atoms with van der Waals surface area (Å²) in [5, 5.41) is 4.58. The van der Waals surface area contributed by atoms with Gasteiger partial charge in [-0.05, 0) is 36.7 Å². The second-order valence-electron chi connectivity index (χ2n) is 4.39. The molecule has 0 aliphatic carbocycles. The van der Waals surface area contributed by atoms with E-state index in [1.165, 1.54) is 16.5 Å². The third-order valence-electron chi connectivity index (χ3n) is 3.05. The van der Waals surface area contributed by atoms with Crippen molar-refractivity contribution in [1.29, 1.82) is 0 Å². The minimum atomic E-state index is 0.970. The maximum atomic E-state index is 4.34. The van der Waals surface area contributed by atoms with Crippen molar-refractivity contribution in [2.24, 2.45) is 0 Å². The fourth-order valence-corrected chi connectivity index (χ4v) is 1.98. The first kappa shape index (κ1) is 12.8. The van der Waals surface area contributed by atoms with Crippen molar-refractivity contribution in [3.8, 4) is 0 Å². The van der Waals surface area contributed by atoms with Crippen LogP contribution in [0.2, 0.25) is 0 Å². The summed E-state index contributed by atoms with van der Waals surface area (Å²) in [4.78, 5) is 4.34. The molecular formula is C16H20N2. The fourth-order valence-electron chi connectivity index (χ4n) is 1.98. The highest BCUT2D eigenvalue weighted by atomic mass is 14.8. The second kappa shape index (κ2) is 6.31. The topological polar surface area (TPSA) is 24.9 Å². The Morgan fingerprint density at radius 2 is 2.17 bits per heavy atom. The van der Waals surface area contributed by atoms with E-state index in [4.69, 9.17) is 0 Å². The van der Waals surface area contributed by atoms with Crippen LogP contribution in [0.3, 0.4) is 0 Å². The van der Waals surface area contributed by atoms with Gasteiger partial charge in [0.25, 0.3) is 0 Å². The van der Waals surface area contributed by atoms with Crippen LogP contribution in [0.5, 0.6) is 0 Å². The van der Waals surface area contributed by atoms with E-state index in [1.807, 2.05) is 12.3 Å². The molecule has 0 radical (unpaired) electrons. The normalized spacial score (nSPS) is 12.0. The van der Waals surface area contributed by atoms with Gasteiger partial charge in [-0.25, -0.2) is 0 Å². The van der Waals surface area contributed by atoms with Gasteiger partial charge in [-0.15, -0.1) is 0 Å². The Labute approximate surface area is 109 Å². The number of pyridine rings is 1. The van der Waals surface area contributed by atoms with Crippen LogP contribution in [-0.2, 0) is 0 Å². The Morgan fingerprint density at radius 1 is 1.28 bits per heavy atom. The maximum absolute atomic E-state index is 4.34. The van der Waals surface area contributed by atoms with Gasteiger partial charge in [0.05, 0.1) is 5.52 Å². The molecule has 18 heavy (non-hydrogen) atoms. The second-order valence-corrected chi connectivity index (χ2v) is 4.39. The maximum Gasteiger partial charge on any atom is 0.0702 e. The first-order valence-corrected chi connectivity index (χ1v) is 6.58. The van der Waals surface area contributed by atoms with Gasteiger partial charge in [-0.3, -0.25) is 4.98 Å². The van der Waals surface area contributed by atoms with Crippen LogP contribution in [0.25, 0.3) is 17.0 Å². The first-order chi connectivity index (χ1) is 8.83. The molecule has 94 valence electrons. The highest BCUT2D eigenvalue weighted by Crippen LogP contribution is 2.16. The molecule has 0 aliphatic heterocycles. The Balaban J connectivity index is 2.26. The molecule has 2 heteroatoms. The quantitative estimate of drug-likeness (QED) is 0.863. The Bertz CT molecular complexity index is 544. The van der Waals surface area contributed by atoms with Crippen LogP contribution in [0, 0.1) is 0 Å². The van der Waals surface area contributed by atoms with Crippen molar-refractivity contribution in [1.82, 2.24) is 10.3 Å². The summed E-state index contributed by atoms with van der Waals surface area (Å²) in [6.07, 6.45) is 5.19. The summed E-state index contributed by atoms with van der Waals surface area (Å²) in [6, 6.07) is 10.5. The number of benzene rings is 1. The SMILES string of the molecule is CCNCC(=Cc1ccc2ncccc2c1)CC. The van der Waals surface area contributed by atoms with Crippen molar-refractivity contribution in [2.75, 3.05) is 13.1 Å². The lowest BCUT2D eigenvalue weighted by Gasteiger charge is -2.06. The van der Waals surface area contributed by atoms with E-state index < -0.39 is 0 Å². The molecule has 0 saturated heterocycles. The van der Waals surface area contributed by atoms with Crippen LogP contribution >= 0.6 is 0 Å². The minimum absolute atomic E-state index is 0.970. The summed E-state index contributed by atoms with van der Waals surface area (Å²) in [5.41, 5.74) is 3.74. The van der Waals surface area contributed by atoms with Crippen molar-refractivity contribution >= 4 is 17.0 Å². The summed E-state index contributed by atoms with van der Waals surface area (Å²) in [7, 11) is 0. The molecule has 0 atom stereocenters. The molecule has 1 N–H and O–H groups in total. The van der Waals surface area contributed by atoms with Gasteiger partial charge < -0.3 is 5.32 Å². The number of nitrogens with zero attached hydrogens (tertiary/aromatic N) is 1. The number of rotatable bonds is 5. The molecule has 2 nitrogen and oxygen atoms in total. The lowest BCUT2D eigenvalue weighted by atomic mass is 10.1. The van der Waals surface area contributed by atoms with Crippen LogP contribution in [-0.4, -0.2) is 18.1 Å². The van der Waals surface area contributed by atoms with Gasteiger partial charge in [-0.1, -0.05) is 37.6 Å². The molecule has 1 heterocycles. The highest BCUT2D eigenvalue weighted by molar-refractivity contribution is 5.81. The molecule has 0 unspecified atom stereocenters. The first-order valence-electron chi connectivity index (χ1n) is 6.58. The van der Waals surface area contributed by atoms with Gasteiger partial charge in [-0.2, -0.15) is 0 Å². The lowest BCUT2D eigenvalue weighted by molar-refractivity contribution is 0.762. The predicted octanol–water partition coefficient (Wildman–Crippen LogP) is 3.64. The molecule has 0 amide bonds. The van der Waals surface area contributed by atoms with Crippen molar-refractivity contribution < 1.29 is 0 Å². The largest absolute Gasteiger partial charge is 0.313 e. The number of aromatic nitrogens is 1. The third kappa shape index (κ3) is 3.17. The van der Waals surface area contributed by atoms with Gasteiger partial charge in [0, 0.05) is 18.1 Å². The summed E-state index contributed by atoms with van der Waals surface area (Å²) in [6.45, 7) is 6.32. The van der Waals surface area contributed by atoms with Gasteiger partial charge in [0.1, 0.15) is 0 Å². The molecule has 0 fully saturated rings. The van der Waals surface area contributed by atoms with Crippen molar-refractivity contribution in [3.63, 3.8) is 0 Å². The number of nitrogens with one attached hydrogen (secondary N) is 1. The average molecular weight is 240 g/mol. The van der Waals surface area contributed by atoms with E-state index in [0.717, 1.165) is 25.0 Å². The van der Waals surface area contributed by atoms with Crippen LogP contribution in [0.4, 0.5) is 0 Å². The van der Waals surface area contributed by atoms with E-state index in [-0.39, 0.29) is 0 Å². The van der Waals surface area contributed by atoms with E-state index in [1.54, 1.807) is 0 Å². The Morgan fingerprint density at radius 3 is 2.94 bits per heavy atom. The minimum Gasteiger partial charge on any atom is -0.313 e. The number of likely N-dealkylation sites (N-methyl/N-ethyl adjacent to an activating group) is 1. The van der Waals surface area contributed by atoms with E-state index in [2.05, 4.69) is 54.5 Å². The monoisotopic (exact) mass is 240 g/mol. The lowest BCUT2D eigenvalue weighted by Crippen LogP contribution is -2.15. The number of fused-ring (bicyclic) bond motifs is 1. The van der Waals surface area contributed by atoms with E-state index >= 15 is 0 Å². The Kier molecular flexibility index (Phi) is 4.48. The molecule has 2 rings (SSSR count). The molecular weight excluding hydrogens is 220 g/mol.